The minimum atomic E-state index is 0.255. The molecule has 0 radical (unpaired) electrons. The van der Waals surface area contributed by atoms with Gasteiger partial charge in [-0.3, -0.25) is 9.88 Å². The first kappa shape index (κ1) is 27.9. The molecule has 2 aromatic carbocycles. The van der Waals surface area contributed by atoms with Crippen molar-refractivity contribution in [3.05, 3.63) is 82.5 Å². The van der Waals surface area contributed by atoms with Gasteiger partial charge < -0.3 is 9.47 Å². The van der Waals surface area contributed by atoms with Crippen LogP contribution in [0, 0.1) is 6.92 Å². The van der Waals surface area contributed by atoms with Crippen LogP contribution in [-0.2, 0) is 30.7 Å². The molecule has 2 saturated carbocycles. The highest BCUT2D eigenvalue weighted by Gasteiger charge is 2.32. The van der Waals surface area contributed by atoms with Crippen LogP contribution in [0.4, 0.5) is 0 Å². The van der Waals surface area contributed by atoms with Crippen molar-refractivity contribution in [1.29, 1.82) is 0 Å². The maximum Gasteiger partial charge on any atom is 0.128 e. The van der Waals surface area contributed by atoms with Crippen molar-refractivity contribution in [2.45, 2.75) is 110 Å². The summed E-state index contributed by atoms with van der Waals surface area (Å²) in [5.74, 6) is 1.03. The van der Waals surface area contributed by atoms with Gasteiger partial charge in [0.2, 0.25) is 0 Å². The molecule has 39 heavy (non-hydrogen) atoms. The Bertz CT molecular complexity index is 1200. The van der Waals surface area contributed by atoms with Gasteiger partial charge in [0.15, 0.2) is 0 Å². The number of rotatable bonds is 11. The second kappa shape index (κ2) is 13.1. The molecule has 1 heterocycles. The van der Waals surface area contributed by atoms with E-state index in [0.29, 0.717) is 18.8 Å². The van der Waals surface area contributed by atoms with E-state index < -0.39 is 0 Å². The molecular formula is C35H46N2O2. The zero-order chi connectivity index (χ0) is 27.2. The molecule has 0 bridgehead atoms. The second-order valence-corrected chi connectivity index (χ2v) is 11.5. The molecule has 0 N–H and O–H groups in total. The lowest BCUT2D eigenvalue weighted by Crippen LogP contribution is -2.38. The fraction of sp³-hybridized carbons (Fsp3) is 0.514. The van der Waals surface area contributed by atoms with Crippen LogP contribution in [0.5, 0.6) is 5.75 Å². The highest BCUT2D eigenvalue weighted by molar-refractivity contribution is 5.70. The van der Waals surface area contributed by atoms with E-state index in [1.807, 2.05) is 0 Å². The van der Waals surface area contributed by atoms with Gasteiger partial charge in [-0.15, -0.1) is 0 Å². The first-order valence-electron chi connectivity index (χ1n) is 15.2. The molecule has 5 rings (SSSR count). The van der Waals surface area contributed by atoms with Gasteiger partial charge in [0.1, 0.15) is 5.75 Å². The lowest BCUT2D eigenvalue weighted by Gasteiger charge is -2.31. The molecule has 0 saturated heterocycles. The van der Waals surface area contributed by atoms with Gasteiger partial charge in [-0.2, -0.15) is 0 Å². The van der Waals surface area contributed by atoms with Gasteiger partial charge >= 0.3 is 0 Å². The van der Waals surface area contributed by atoms with Crippen molar-refractivity contribution in [3.63, 3.8) is 0 Å². The van der Waals surface area contributed by atoms with Crippen molar-refractivity contribution >= 4 is 0 Å². The highest BCUT2D eigenvalue weighted by Crippen LogP contribution is 2.36. The third-order valence-electron chi connectivity index (χ3n) is 8.84. The Balaban J connectivity index is 1.41. The molecule has 4 heteroatoms. The van der Waals surface area contributed by atoms with Crippen molar-refractivity contribution < 1.29 is 9.47 Å². The SMILES string of the molecule is CCc1cccc(CC)c1-c1cc(OC2CCCC2)c(CN(C)C2CCC[C@@H]2OCc2ccccc2)c(C)n1. The monoisotopic (exact) mass is 526 g/mol. The second-order valence-electron chi connectivity index (χ2n) is 11.5. The van der Waals surface area contributed by atoms with Crippen LogP contribution in [0.3, 0.4) is 0 Å². The standard InChI is InChI=1S/C35H46N2O2/c1-5-27-16-12-17-28(6-2)35(27)31-22-34(39-29-18-10-11-19-29)30(25(3)36-31)23-37(4)32-20-13-21-33(32)38-24-26-14-8-7-9-15-26/h7-9,12,14-17,22,29,32-33H,5-6,10-11,13,18-21,23-24H2,1-4H3/t32?,33-/m0/s1. The summed E-state index contributed by atoms with van der Waals surface area (Å²) in [7, 11) is 2.25. The number of hydrogen-bond donors (Lipinski definition) is 0. The van der Waals surface area contributed by atoms with E-state index in [0.717, 1.165) is 55.8 Å². The number of ether oxygens (including phenoxy) is 2. The van der Waals surface area contributed by atoms with E-state index in [4.69, 9.17) is 14.5 Å². The molecule has 4 nitrogen and oxygen atoms in total. The largest absolute Gasteiger partial charge is 0.490 e. The summed E-state index contributed by atoms with van der Waals surface area (Å²) in [6.45, 7) is 8.15. The normalized spacial score (nSPS) is 19.7. The highest BCUT2D eigenvalue weighted by atomic mass is 16.5. The zero-order valence-corrected chi connectivity index (χ0v) is 24.4. The van der Waals surface area contributed by atoms with E-state index in [9.17, 15) is 0 Å². The third-order valence-corrected chi connectivity index (χ3v) is 8.84. The molecule has 0 aliphatic heterocycles. The molecule has 2 atom stereocenters. The van der Waals surface area contributed by atoms with E-state index in [-0.39, 0.29) is 6.10 Å². The van der Waals surface area contributed by atoms with Gasteiger partial charge in [-0.1, -0.05) is 62.4 Å². The van der Waals surface area contributed by atoms with Crippen molar-refractivity contribution in [2.75, 3.05) is 7.05 Å². The average Bonchev–Trinajstić information content (AvgIpc) is 3.66. The Morgan fingerprint density at radius 1 is 0.872 bits per heavy atom. The Labute approximate surface area is 235 Å². The smallest absolute Gasteiger partial charge is 0.128 e. The van der Waals surface area contributed by atoms with Crippen molar-refractivity contribution in [3.8, 4) is 17.0 Å². The molecular weight excluding hydrogens is 480 g/mol. The van der Waals surface area contributed by atoms with E-state index in [1.165, 1.54) is 53.5 Å². The molecule has 2 aliphatic carbocycles. The molecule has 0 spiro atoms. The predicted octanol–water partition coefficient (Wildman–Crippen LogP) is 8.07. The first-order valence-corrected chi connectivity index (χ1v) is 15.2. The maximum absolute atomic E-state index is 6.79. The minimum Gasteiger partial charge on any atom is -0.490 e. The average molecular weight is 527 g/mol. The zero-order valence-electron chi connectivity index (χ0n) is 24.4. The summed E-state index contributed by atoms with van der Waals surface area (Å²) in [5.41, 5.74) is 8.64. The molecule has 1 aromatic heterocycles. The summed E-state index contributed by atoms with van der Waals surface area (Å²) in [5, 5.41) is 0. The number of aryl methyl sites for hydroxylation is 3. The molecule has 3 aromatic rings. The van der Waals surface area contributed by atoms with E-state index >= 15 is 0 Å². The van der Waals surface area contributed by atoms with Gasteiger partial charge in [-0.25, -0.2) is 0 Å². The predicted molar refractivity (Wildman–Crippen MR) is 160 cm³/mol. The van der Waals surface area contributed by atoms with Crippen molar-refractivity contribution in [1.82, 2.24) is 9.88 Å². The van der Waals surface area contributed by atoms with Gasteiger partial charge in [0.05, 0.1) is 24.5 Å². The topological polar surface area (TPSA) is 34.6 Å². The van der Waals surface area contributed by atoms with E-state index in [2.05, 4.69) is 87.3 Å². The minimum absolute atomic E-state index is 0.255. The third kappa shape index (κ3) is 6.56. The molecule has 2 fully saturated rings. The van der Waals surface area contributed by atoms with Crippen LogP contribution in [-0.4, -0.2) is 35.2 Å². The number of benzene rings is 2. The summed E-state index contributed by atoms with van der Waals surface area (Å²) in [6.07, 6.45) is 10.9. The molecule has 1 unspecified atom stereocenters. The van der Waals surface area contributed by atoms with Crippen LogP contribution in [0.15, 0.2) is 54.6 Å². The fourth-order valence-electron chi connectivity index (χ4n) is 6.60. The Kier molecular flexibility index (Phi) is 9.36. The molecule has 2 aliphatic rings. The molecule has 208 valence electrons. The Hall–Kier alpha value is -2.69. The lowest BCUT2D eigenvalue weighted by molar-refractivity contribution is -0.00367. The van der Waals surface area contributed by atoms with Crippen LogP contribution in [0.1, 0.15) is 86.7 Å². The van der Waals surface area contributed by atoms with Gasteiger partial charge in [0, 0.05) is 35.5 Å². The van der Waals surface area contributed by atoms with Crippen LogP contribution in [0.25, 0.3) is 11.3 Å². The van der Waals surface area contributed by atoms with Gasteiger partial charge in [-0.05, 0) is 88.4 Å². The number of hydrogen-bond acceptors (Lipinski definition) is 4. The van der Waals surface area contributed by atoms with Gasteiger partial charge in [0.25, 0.3) is 0 Å². The van der Waals surface area contributed by atoms with Crippen LogP contribution >= 0.6 is 0 Å². The van der Waals surface area contributed by atoms with Crippen molar-refractivity contribution in [2.24, 2.45) is 0 Å². The number of likely N-dealkylation sites (N-methyl/N-ethyl adjacent to an activating group) is 1. The first-order chi connectivity index (χ1) is 19.1. The lowest BCUT2D eigenvalue weighted by atomic mass is 9.94. The summed E-state index contributed by atoms with van der Waals surface area (Å²) >= 11 is 0. The number of nitrogens with zero attached hydrogens (tertiary/aromatic N) is 2. The summed E-state index contributed by atoms with van der Waals surface area (Å²) < 4.78 is 13.3. The quantitative estimate of drug-likeness (QED) is 0.253. The van der Waals surface area contributed by atoms with E-state index in [1.54, 1.807) is 0 Å². The Morgan fingerprint density at radius 2 is 1.59 bits per heavy atom. The number of pyridine rings is 1. The molecule has 0 amide bonds. The summed E-state index contributed by atoms with van der Waals surface area (Å²) in [6, 6.07) is 19.9. The fourth-order valence-corrected chi connectivity index (χ4v) is 6.60. The Morgan fingerprint density at radius 3 is 2.28 bits per heavy atom. The van der Waals surface area contributed by atoms with Crippen LogP contribution < -0.4 is 4.74 Å². The maximum atomic E-state index is 6.79. The summed E-state index contributed by atoms with van der Waals surface area (Å²) in [4.78, 5) is 7.72. The number of aromatic nitrogens is 1. The van der Waals surface area contributed by atoms with Crippen LogP contribution in [0.2, 0.25) is 0 Å².